The number of rotatable bonds is 1. The van der Waals surface area contributed by atoms with E-state index < -0.39 is 11.6 Å². The molecule has 2 N–H and O–H groups in total. The maximum Gasteiger partial charge on any atom is 0.352 e. The molecule has 0 radical (unpaired) electrons. The van der Waals surface area contributed by atoms with Crippen molar-refractivity contribution in [1.29, 1.82) is 0 Å². The van der Waals surface area contributed by atoms with Gasteiger partial charge in [0, 0.05) is 0 Å². The minimum atomic E-state index is -0.499. The zero-order valence-electron chi connectivity index (χ0n) is 8.75. The fraction of sp³-hybridized carbons (Fsp3) is 0.556. The minimum Gasteiger partial charge on any atom is -0.456 e. The molecule has 1 heterocycles. The van der Waals surface area contributed by atoms with Crippen LogP contribution in [0.4, 0.5) is 5.82 Å². The molecule has 0 atom stereocenters. The number of anilines is 1. The van der Waals surface area contributed by atoms with Crippen LogP contribution < -0.4 is 5.73 Å². The molecule has 0 saturated carbocycles. The Hall–Kier alpha value is -1.10. The number of carbonyl (C=O) groups is 1. The van der Waals surface area contributed by atoms with Crippen molar-refractivity contribution in [3.63, 3.8) is 0 Å². The molecule has 1 aromatic heterocycles. The van der Waals surface area contributed by atoms with Gasteiger partial charge in [-0.2, -0.15) is 0 Å². The topological polar surface area (TPSA) is 65.2 Å². The van der Waals surface area contributed by atoms with Crippen LogP contribution in [0.1, 0.15) is 35.5 Å². The first-order valence-electron chi connectivity index (χ1n) is 4.26. The zero-order valence-corrected chi connectivity index (χ0v) is 9.57. The van der Waals surface area contributed by atoms with Crippen LogP contribution >= 0.6 is 11.3 Å². The zero-order chi connectivity index (χ0) is 10.9. The molecule has 0 bridgehead atoms. The summed E-state index contributed by atoms with van der Waals surface area (Å²) in [6.07, 6.45) is 0. The van der Waals surface area contributed by atoms with Gasteiger partial charge in [0.05, 0.1) is 5.01 Å². The van der Waals surface area contributed by atoms with Crippen molar-refractivity contribution < 1.29 is 9.53 Å². The van der Waals surface area contributed by atoms with Crippen LogP contribution in [-0.4, -0.2) is 16.6 Å². The number of esters is 1. The molecule has 1 rings (SSSR count). The minimum absolute atomic E-state index is 0.252. The Bertz CT molecular complexity index is 352. The standard InChI is InChI=1S/C9H14N2O2S/c1-5-11-7(10)6(14-5)8(12)13-9(2,3)4/h10H2,1-4H3. The molecular weight excluding hydrogens is 200 g/mol. The molecule has 78 valence electrons. The Morgan fingerprint density at radius 1 is 1.50 bits per heavy atom. The van der Waals surface area contributed by atoms with Gasteiger partial charge >= 0.3 is 5.97 Å². The highest BCUT2D eigenvalue weighted by molar-refractivity contribution is 7.14. The van der Waals surface area contributed by atoms with E-state index in [-0.39, 0.29) is 5.82 Å². The molecule has 0 spiro atoms. The number of nitrogens with zero attached hydrogens (tertiary/aromatic N) is 1. The van der Waals surface area contributed by atoms with Gasteiger partial charge in [0.25, 0.3) is 0 Å². The highest BCUT2D eigenvalue weighted by Gasteiger charge is 2.22. The largest absolute Gasteiger partial charge is 0.456 e. The molecule has 0 aromatic carbocycles. The maximum absolute atomic E-state index is 11.6. The first-order valence-corrected chi connectivity index (χ1v) is 5.07. The predicted octanol–water partition coefficient (Wildman–Crippen LogP) is 1.99. The summed E-state index contributed by atoms with van der Waals surface area (Å²) in [6, 6.07) is 0. The van der Waals surface area contributed by atoms with E-state index in [2.05, 4.69) is 4.98 Å². The van der Waals surface area contributed by atoms with Crippen LogP contribution in [0.3, 0.4) is 0 Å². The average Bonchev–Trinajstić information content (AvgIpc) is 2.26. The number of thiazole rings is 1. The number of ether oxygens (including phenoxy) is 1. The lowest BCUT2D eigenvalue weighted by atomic mass is 10.2. The monoisotopic (exact) mass is 214 g/mol. The van der Waals surface area contributed by atoms with Crippen molar-refractivity contribution in [1.82, 2.24) is 4.98 Å². The number of nitrogen functional groups attached to an aromatic ring is 1. The van der Waals surface area contributed by atoms with E-state index in [9.17, 15) is 4.79 Å². The van der Waals surface area contributed by atoms with Gasteiger partial charge in [-0.25, -0.2) is 9.78 Å². The van der Waals surface area contributed by atoms with Crippen LogP contribution in [0, 0.1) is 6.92 Å². The van der Waals surface area contributed by atoms with Gasteiger partial charge in [0.15, 0.2) is 4.88 Å². The number of carbonyl (C=O) groups excluding carboxylic acids is 1. The van der Waals surface area contributed by atoms with Crippen molar-refractivity contribution >= 4 is 23.1 Å². The van der Waals surface area contributed by atoms with Crippen molar-refractivity contribution in [2.45, 2.75) is 33.3 Å². The van der Waals surface area contributed by atoms with Crippen LogP contribution in [0.15, 0.2) is 0 Å². The van der Waals surface area contributed by atoms with Gasteiger partial charge in [-0.3, -0.25) is 0 Å². The van der Waals surface area contributed by atoms with Crippen molar-refractivity contribution in [2.75, 3.05) is 5.73 Å². The lowest BCUT2D eigenvalue weighted by molar-refractivity contribution is 0.00762. The van der Waals surface area contributed by atoms with E-state index in [0.29, 0.717) is 4.88 Å². The third-order valence-corrected chi connectivity index (χ3v) is 2.31. The highest BCUT2D eigenvalue weighted by Crippen LogP contribution is 2.22. The Morgan fingerprint density at radius 2 is 2.07 bits per heavy atom. The average molecular weight is 214 g/mol. The van der Waals surface area contributed by atoms with Gasteiger partial charge in [0.1, 0.15) is 11.4 Å². The maximum atomic E-state index is 11.6. The normalized spacial score (nSPS) is 11.4. The van der Waals surface area contributed by atoms with Crippen LogP contribution in [0.2, 0.25) is 0 Å². The molecular formula is C9H14N2O2S. The third kappa shape index (κ3) is 2.70. The molecule has 0 unspecified atom stereocenters. The molecule has 0 aliphatic carbocycles. The van der Waals surface area contributed by atoms with E-state index in [1.807, 2.05) is 20.8 Å². The number of aromatic nitrogens is 1. The predicted molar refractivity (Wildman–Crippen MR) is 56.4 cm³/mol. The molecule has 0 amide bonds. The fourth-order valence-corrected chi connectivity index (χ4v) is 1.63. The summed E-state index contributed by atoms with van der Waals surface area (Å²) in [6.45, 7) is 7.24. The fourth-order valence-electron chi connectivity index (χ4n) is 0.914. The summed E-state index contributed by atoms with van der Waals surface area (Å²) in [4.78, 5) is 15.9. The number of nitrogens with two attached hydrogens (primary N) is 1. The molecule has 0 aliphatic heterocycles. The molecule has 0 saturated heterocycles. The second-order valence-corrected chi connectivity index (χ2v) is 5.15. The molecule has 14 heavy (non-hydrogen) atoms. The summed E-state index contributed by atoms with van der Waals surface area (Å²) in [5.41, 5.74) is 5.06. The Morgan fingerprint density at radius 3 is 2.43 bits per heavy atom. The van der Waals surface area contributed by atoms with Crippen LogP contribution in [0.25, 0.3) is 0 Å². The van der Waals surface area contributed by atoms with E-state index >= 15 is 0 Å². The van der Waals surface area contributed by atoms with Gasteiger partial charge < -0.3 is 10.5 Å². The summed E-state index contributed by atoms with van der Waals surface area (Å²) in [7, 11) is 0. The first kappa shape index (κ1) is 11.0. The first-order chi connectivity index (χ1) is 6.29. The summed E-state index contributed by atoms with van der Waals surface area (Å²) >= 11 is 1.25. The van der Waals surface area contributed by atoms with Gasteiger partial charge in [0.2, 0.25) is 0 Å². The molecule has 0 aliphatic rings. The van der Waals surface area contributed by atoms with Crippen LogP contribution in [-0.2, 0) is 4.74 Å². The summed E-state index contributed by atoms with van der Waals surface area (Å²) in [5, 5.41) is 0.767. The lowest BCUT2D eigenvalue weighted by Gasteiger charge is -2.18. The summed E-state index contributed by atoms with van der Waals surface area (Å²) < 4.78 is 5.17. The molecule has 1 aromatic rings. The molecule has 5 heteroatoms. The second-order valence-electron chi connectivity index (χ2n) is 3.95. The van der Waals surface area contributed by atoms with Crippen molar-refractivity contribution in [2.24, 2.45) is 0 Å². The van der Waals surface area contributed by atoms with Gasteiger partial charge in [-0.05, 0) is 27.7 Å². The number of aryl methyl sites for hydroxylation is 1. The Balaban J connectivity index is 2.85. The highest BCUT2D eigenvalue weighted by atomic mass is 32.1. The van der Waals surface area contributed by atoms with E-state index in [1.54, 1.807) is 6.92 Å². The van der Waals surface area contributed by atoms with Gasteiger partial charge in [-0.15, -0.1) is 11.3 Å². The van der Waals surface area contributed by atoms with E-state index in [0.717, 1.165) is 5.01 Å². The molecule has 0 fully saturated rings. The Kier molecular flexibility index (Phi) is 2.80. The second kappa shape index (κ2) is 3.57. The quantitative estimate of drug-likeness (QED) is 0.726. The smallest absolute Gasteiger partial charge is 0.352 e. The number of hydrogen-bond acceptors (Lipinski definition) is 5. The van der Waals surface area contributed by atoms with Crippen LogP contribution in [0.5, 0.6) is 0 Å². The molecule has 4 nitrogen and oxygen atoms in total. The third-order valence-electron chi connectivity index (χ3n) is 1.34. The Labute approximate surface area is 87.1 Å². The summed E-state index contributed by atoms with van der Waals surface area (Å²) in [5.74, 6) is -0.151. The van der Waals surface area contributed by atoms with Gasteiger partial charge in [-0.1, -0.05) is 0 Å². The SMILES string of the molecule is Cc1nc(N)c(C(=O)OC(C)(C)C)s1. The number of hydrogen-bond donors (Lipinski definition) is 1. The van der Waals surface area contributed by atoms with Crippen molar-refractivity contribution in [3.05, 3.63) is 9.88 Å². The van der Waals surface area contributed by atoms with E-state index in [4.69, 9.17) is 10.5 Å². The van der Waals surface area contributed by atoms with E-state index in [1.165, 1.54) is 11.3 Å². The van der Waals surface area contributed by atoms with Crippen molar-refractivity contribution in [3.8, 4) is 0 Å². The lowest BCUT2D eigenvalue weighted by Crippen LogP contribution is -2.23.